The van der Waals surface area contributed by atoms with Crippen LogP contribution in [0.3, 0.4) is 0 Å². The van der Waals surface area contributed by atoms with Crippen molar-refractivity contribution in [1.29, 1.82) is 0 Å². The van der Waals surface area contributed by atoms with Crippen molar-refractivity contribution in [2.45, 2.75) is 50.1 Å². The number of hydrogen-bond donors (Lipinski definition) is 4. The molecule has 2 rings (SSSR count). The van der Waals surface area contributed by atoms with Gasteiger partial charge >= 0.3 is 12.0 Å². The van der Waals surface area contributed by atoms with Gasteiger partial charge in [0, 0.05) is 19.0 Å². The lowest BCUT2D eigenvalue weighted by Crippen LogP contribution is -2.56. The number of nitrogens with one attached hydrogen (secondary N) is 3. The monoisotopic (exact) mass is 269 g/mol. The Morgan fingerprint density at radius 1 is 1.37 bits per heavy atom. The van der Waals surface area contributed by atoms with Crippen LogP contribution < -0.4 is 16.0 Å². The second kappa shape index (κ2) is 5.46. The normalized spacial score (nSPS) is 24.8. The van der Waals surface area contributed by atoms with Crippen molar-refractivity contribution in [3.05, 3.63) is 0 Å². The number of rotatable bonds is 4. The molecule has 0 aromatic heterocycles. The minimum Gasteiger partial charge on any atom is -0.480 e. The zero-order valence-corrected chi connectivity index (χ0v) is 10.7. The van der Waals surface area contributed by atoms with Gasteiger partial charge in [-0.1, -0.05) is 12.8 Å². The van der Waals surface area contributed by atoms with E-state index in [0.29, 0.717) is 32.2 Å². The van der Waals surface area contributed by atoms with E-state index in [2.05, 4.69) is 16.0 Å². The molecule has 0 spiro atoms. The maximum absolute atomic E-state index is 11.7. The first-order chi connectivity index (χ1) is 9.02. The second-order valence-electron chi connectivity index (χ2n) is 5.23. The summed E-state index contributed by atoms with van der Waals surface area (Å²) in [4.78, 5) is 34.0. The maximum Gasteiger partial charge on any atom is 0.329 e. The van der Waals surface area contributed by atoms with Crippen molar-refractivity contribution < 1.29 is 19.5 Å². The van der Waals surface area contributed by atoms with E-state index in [1.807, 2.05) is 0 Å². The van der Waals surface area contributed by atoms with E-state index in [1.165, 1.54) is 0 Å². The molecule has 0 radical (unpaired) electrons. The van der Waals surface area contributed by atoms with Crippen molar-refractivity contribution >= 4 is 17.9 Å². The first kappa shape index (κ1) is 13.6. The van der Waals surface area contributed by atoms with Crippen LogP contribution in [0.15, 0.2) is 0 Å². The van der Waals surface area contributed by atoms with Crippen LogP contribution in [-0.2, 0) is 9.59 Å². The smallest absolute Gasteiger partial charge is 0.329 e. The molecule has 0 bridgehead atoms. The Hall–Kier alpha value is -1.79. The predicted molar refractivity (Wildman–Crippen MR) is 66.5 cm³/mol. The highest BCUT2D eigenvalue weighted by Gasteiger charge is 2.42. The Balaban J connectivity index is 1.80. The van der Waals surface area contributed by atoms with Crippen LogP contribution in [0.1, 0.15) is 38.5 Å². The average molecular weight is 269 g/mol. The molecule has 1 saturated carbocycles. The molecule has 3 amide bonds. The number of aliphatic carboxylic acids is 1. The quantitative estimate of drug-likeness (QED) is 0.574. The number of carbonyl (C=O) groups is 3. The lowest BCUT2D eigenvalue weighted by Gasteiger charge is -2.25. The summed E-state index contributed by atoms with van der Waals surface area (Å²) >= 11 is 0. The van der Waals surface area contributed by atoms with Crippen LogP contribution in [0.4, 0.5) is 4.79 Å². The van der Waals surface area contributed by atoms with Gasteiger partial charge in [-0.2, -0.15) is 0 Å². The molecule has 1 unspecified atom stereocenters. The number of amides is 3. The van der Waals surface area contributed by atoms with E-state index in [1.54, 1.807) is 0 Å². The van der Waals surface area contributed by atoms with Gasteiger partial charge in [0.25, 0.3) is 0 Å². The van der Waals surface area contributed by atoms with Gasteiger partial charge in [0.15, 0.2) is 0 Å². The van der Waals surface area contributed by atoms with Gasteiger partial charge < -0.3 is 21.1 Å². The standard InChI is InChI=1S/C12H19N3O4/c16-9-4-3-8(14-9)7-13-11(19)15-12(10(17)18)5-1-2-6-12/h8H,1-7H2,(H,14,16)(H,17,18)(H2,13,15,19). The molecular formula is C12H19N3O4. The van der Waals surface area contributed by atoms with Gasteiger partial charge in [0.1, 0.15) is 5.54 Å². The van der Waals surface area contributed by atoms with E-state index in [4.69, 9.17) is 0 Å². The van der Waals surface area contributed by atoms with Gasteiger partial charge in [-0.15, -0.1) is 0 Å². The average Bonchev–Trinajstić information content (AvgIpc) is 2.97. The van der Waals surface area contributed by atoms with Gasteiger partial charge in [-0.05, 0) is 19.3 Å². The molecule has 1 heterocycles. The second-order valence-corrected chi connectivity index (χ2v) is 5.23. The van der Waals surface area contributed by atoms with Gasteiger partial charge in [0.2, 0.25) is 5.91 Å². The minimum atomic E-state index is -1.12. The summed E-state index contributed by atoms with van der Waals surface area (Å²) in [5, 5.41) is 17.2. The molecule has 7 nitrogen and oxygen atoms in total. The van der Waals surface area contributed by atoms with Crippen LogP contribution in [-0.4, -0.2) is 41.1 Å². The van der Waals surface area contributed by atoms with Crippen LogP contribution in [0.25, 0.3) is 0 Å². The van der Waals surface area contributed by atoms with Gasteiger partial charge in [-0.3, -0.25) is 4.79 Å². The lowest BCUT2D eigenvalue weighted by atomic mass is 9.98. The number of urea groups is 1. The number of carbonyl (C=O) groups excluding carboxylic acids is 2. The lowest BCUT2D eigenvalue weighted by molar-refractivity contribution is -0.144. The highest BCUT2D eigenvalue weighted by Crippen LogP contribution is 2.29. The van der Waals surface area contributed by atoms with E-state index in [-0.39, 0.29) is 11.9 Å². The summed E-state index contributed by atoms with van der Waals surface area (Å²) in [6.07, 6.45) is 3.73. The summed E-state index contributed by atoms with van der Waals surface area (Å²) in [5.41, 5.74) is -1.12. The molecule has 1 atom stereocenters. The Bertz CT molecular complexity index is 390. The molecule has 106 valence electrons. The molecule has 1 aliphatic carbocycles. The Morgan fingerprint density at radius 2 is 2.05 bits per heavy atom. The van der Waals surface area contributed by atoms with Crippen molar-refractivity contribution in [2.24, 2.45) is 0 Å². The predicted octanol–water partition coefficient (Wildman–Crippen LogP) is -0.0384. The van der Waals surface area contributed by atoms with Crippen molar-refractivity contribution in [2.75, 3.05) is 6.54 Å². The zero-order chi connectivity index (χ0) is 13.9. The van der Waals surface area contributed by atoms with Crippen molar-refractivity contribution in [1.82, 2.24) is 16.0 Å². The molecule has 2 aliphatic rings. The molecule has 2 fully saturated rings. The topological polar surface area (TPSA) is 108 Å². The largest absolute Gasteiger partial charge is 0.480 e. The summed E-state index contributed by atoms with van der Waals surface area (Å²) in [6, 6.07) is -0.534. The molecule has 0 aromatic rings. The highest BCUT2D eigenvalue weighted by molar-refractivity contribution is 5.86. The molecular weight excluding hydrogens is 250 g/mol. The molecule has 7 heteroatoms. The SMILES string of the molecule is O=C1CCC(CNC(=O)NC2(C(=O)O)CCCC2)N1. The molecule has 0 aromatic carbocycles. The van der Waals surface area contributed by atoms with E-state index >= 15 is 0 Å². The van der Waals surface area contributed by atoms with Crippen molar-refractivity contribution in [3.63, 3.8) is 0 Å². The Labute approximate surface area is 111 Å². The fourth-order valence-corrected chi connectivity index (χ4v) is 2.68. The molecule has 1 aliphatic heterocycles. The molecule has 4 N–H and O–H groups in total. The van der Waals surface area contributed by atoms with E-state index in [9.17, 15) is 19.5 Å². The molecule has 19 heavy (non-hydrogen) atoms. The first-order valence-electron chi connectivity index (χ1n) is 6.61. The summed E-state index contributed by atoms with van der Waals surface area (Å²) in [7, 11) is 0. The third-order valence-electron chi connectivity index (χ3n) is 3.81. The summed E-state index contributed by atoms with van der Waals surface area (Å²) in [6.45, 7) is 0.327. The Kier molecular flexibility index (Phi) is 3.92. The summed E-state index contributed by atoms with van der Waals surface area (Å²) in [5.74, 6) is -0.987. The maximum atomic E-state index is 11.7. The fraction of sp³-hybridized carbons (Fsp3) is 0.750. The third-order valence-corrected chi connectivity index (χ3v) is 3.81. The number of carboxylic acid groups (broad SMARTS) is 1. The van der Waals surface area contributed by atoms with Crippen LogP contribution in [0.5, 0.6) is 0 Å². The van der Waals surface area contributed by atoms with Crippen LogP contribution in [0, 0.1) is 0 Å². The van der Waals surface area contributed by atoms with Crippen molar-refractivity contribution in [3.8, 4) is 0 Å². The highest BCUT2D eigenvalue weighted by atomic mass is 16.4. The Morgan fingerprint density at radius 3 is 2.58 bits per heavy atom. The molecule has 1 saturated heterocycles. The fourth-order valence-electron chi connectivity index (χ4n) is 2.68. The van der Waals surface area contributed by atoms with E-state index < -0.39 is 17.5 Å². The summed E-state index contributed by atoms with van der Waals surface area (Å²) < 4.78 is 0. The van der Waals surface area contributed by atoms with Gasteiger partial charge in [0.05, 0.1) is 0 Å². The van der Waals surface area contributed by atoms with Crippen LogP contribution >= 0.6 is 0 Å². The minimum absolute atomic E-state index is 0.00925. The number of carboxylic acids is 1. The first-order valence-corrected chi connectivity index (χ1v) is 6.61. The zero-order valence-electron chi connectivity index (χ0n) is 10.7. The third kappa shape index (κ3) is 3.15. The van der Waals surface area contributed by atoms with Crippen LogP contribution in [0.2, 0.25) is 0 Å². The van der Waals surface area contributed by atoms with Gasteiger partial charge in [-0.25, -0.2) is 9.59 Å². The number of hydrogen-bond acceptors (Lipinski definition) is 3. The van der Waals surface area contributed by atoms with E-state index in [0.717, 1.165) is 12.8 Å².